The van der Waals surface area contributed by atoms with Gasteiger partial charge in [0.2, 0.25) is 5.91 Å². The van der Waals surface area contributed by atoms with Crippen molar-refractivity contribution in [3.8, 4) is 0 Å². The fourth-order valence-electron chi connectivity index (χ4n) is 1.25. The zero-order valence-electron chi connectivity index (χ0n) is 11.1. The van der Waals surface area contributed by atoms with Crippen molar-refractivity contribution >= 4 is 11.7 Å². The minimum Gasteiger partial charge on any atom is -0.359 e. The number of allylic oxidation sites excluding steroid dienone is 7. The summed E-state index contributed by atoms with van der Waals surface area (Å²) in [7, 11) is 1.59. The van der Waals surface area contributed by atoms with E-state index >= 15 is 0 Å². The lowest BCUT2D eigenvalue weighted by molar-refractivity contribution is -0.120. The standard InChI is InChI=1S/C15H21NO2/c1-4-6-8-13(5-2)11-12-14(17)9-7-10-15(18)16-3/h4-6,8,11-12H,1,7,9-10H2,2-3H3,(H,16,18)/b8-6-,12-11+,13-5+. The van der Waals surface area contributed by atoms with E-state index in [-0.39, 0.29) is 11.7 Å². The number of hydrogen-bond donors (Lipinski definition) is 1. The highest BCUT2D eigenvalue weighted by Gasteiger charge is 2.01. The molecule has 1 amide bonds. The van der Waals surface area contributed by atoms with Gasteiger partial charge in [0.25, 0.3) is 0 Å². The molecule has 0 unspecified atom stereocenters. The molecule has 0 aliphatic rings. The van der Waals surface area contributed by atoms with Gasteiger partial charge in [0, 0.05) is 19.9 Å². The van der Waals surface area contributed by atoms with Gasteiger partial charge in [0.05, 0.1) is 0 Å². The van der Waals surface area contributed by atoms with E-state index in [0.717, 1.165) is 5.57 Å². The maximum atomic E-state index is 11.5. The summed E-state index contributed by atoms with van der Waals surface area (Å²) in [5, 5.41) is 2.53. The third kappa shape index (κ3) is 8.28. The largest absolute Gasteiger partial charge is 0.359 e. The lowest BCUT2D eigenvalue weighted by atomic mass is 10.1. The predicted molar refractivity (Wildman–Crippen MR) is 75.2 cm³/mol. The molecule has 0 heterocycles. The van der Waals surface area contributed by atoms with Crippen LogP contribution in [0.2, 0.25) is 0 Å². The van der Waals surface area contributed by atoms with Crippen LogP contribution in [0.3, 0.4) is 0 Å². The van der Waals surface area contributed by atoms with Crippen LogP contribution in [-0.4, -0.2) is 18.7 Å². The minimum absolute atomic E-state index is 0.0326. The molecule has 0 spiro atoms. The Labute approximate surface area is 109 Å². The van der Waals surface area contributed by atoms with Crippen molar-refractivity contribution in [1.82, 2.24) is 5.32 Å². The van der Waals surface area contributed by atoms with Gasteiger partial charge in [0.15, 0.2) is 5.78 Å². The van der Waals surface area contributed by atoms with E-state index in [0.29, 0.717) is 19.3 Å². The lowest BCUT2D eigenvalue weighted by Crippen LogP contribution is -2.17. The highest BCUT2D eigenvalue weighted by Crippen LogP contribution is 2.02. The predicted octanol–water partition coefficient (Wildman–Crippen LogP) is 2.72. The summed E-state index contributed by atoms with van der Waals surface area (Å²) in [4.78, 5) is 22.5. The molecule has 0 aromatic heterocycles. The van der Waals surface area contributed by atoms with Crippen molar-refractivity contribution in [1.29, 1.82) is 0 Å². The van der Waals surface area contributed by atoms with Crippen molar-refractivity contribution in [3.63, 3.8) is 0 Å². The van der Waals surface area contributed by atoms with Gasteiger partial charge < -0.3 is 5.32 Å². The molecule has 0 aliphatic heterocycles. The van der Waals surface area contributed by atoms with Crippen molar-refractivity contribution in [3.05, 3.63) is 48.6 Å². The fourth-order valence-corrected chi connectivity index (χ4v) is 1.25. The second-order valence-corrected chi connectivity index (χ2v) is 3.71. The first-order chi connectivity index (χ1) is 8.63. The van der Waals surface area contributed by atoms with Gasteiger partial charge in [0.1, 0.15) is 0 Å². The molecular weight excluding hydrogens is 226 g/mol. The quantitative estimate of drug-likeness (QED) is 0.529. The average molecular weight is 247 g/mol. The second kappa shape index (κ2) is 10.3. The Balaban J connectivity index is 4.10. The van der Waals surface area contributed by atoms with Crippen LogP contribution in [0.4, 0.5) is 0 Å². The second-order valence-electron chi connectivity index (χ2n) is 3.71. The van der Waals surface area contributed by atoms with Crippen molar-refractivity contribution in [2.24, 2.45) is 0 Å². The lowest BCUT2D eigenvalue weighted by Gasteiger charge is -1.97. The molecule has 0 aromatic rings. The highest BCUT2D eigenvalue weighted by molar-refractivity contribution is 5.90. The zero-order valence-corrected chi connectivity index (χ0v) is 11.1. The van der Waals surface area contributed by atoms with Crippen LogP contribution in [0.25, 0.3) is 0 Å². The molecule has 3 nitrogen and oxygen atoms in total. The molecule has 0 fully saturated rings. The minimum atomic E-state index is -0.0326. The Morgan fingerprint density at radius 1 is 1.17 bits per heavy atom. The Morgan fingerprint density at radius 3 is 2.44 bits per heavy atom. The molecule has 18 heavy (non-hydrogen) atoms. The first kappa shape index (κ1) is 16.1. The third-order valence-electron chi connectivity index (χ3n) is 2.33. The SMILES string of the molecule is C=C\C=C/C(/C=C/C(=O)CCCC(=O)NC)=C\C. The summed E-state index contributed by atoms with van der Waals surface area (Å²) in [5.41, 5.74) is 0.953. The molecule has 0 rings (SSSR count). The van der Waals surface area contributed by atoms with E-state index in [9.17, 15) is 9.59 Å². The van der Waals surface area contributed by atoms with Crippen molar-refractivity contribution in [2.75, 3.05) is 7.05 Å². The number of carbonyl (C=O) groups is 2. The fraction of sp³-hybridized carbons (Fsp3) is 0.333. The topological polar surface area (TPSA) is 46.2 Å². The molecule has 1 N–H and O–H groups in total. The van der Waals surface area contributed by atoms with Crippen LogP contribution in [0.15, 0.2) is 48.6 Å². The van der Waals surface area contributed by atoms with Crippen LogP contribution < -0.4 is 5.32 Å². The van der Waals surface area contributed by atoms with Gasteiger partial charge in [-0.15, -0.1) is 0 Å². The summed E-state index contributed by atoms with van der Waals surface area (Å²) in [5.74, 6) is 0.0000880. The normalized spacial score (nSPS) is 12.0. The number of amides is 1. The maximum absolute atomic E-state index is 11.5. The summed E-state index contributed by atoms with van der Waals surface area (Å²) >= 11 is 0. The third-order valence-corrected chi connectivity index (χ3v) is 2.33. The smallest absolute Gasteiger partial charge is 0.219 e. The van der Waals surface area contributed by atoms with Crippen LogP contribution in [0.5, 0.6) is 0 Å². The van der Waals surface area contributed by atoms with E-state index in [4.69, 9.17) is 0 Å². The van der Waals surface area contributed by atoms with E-state index in [1.54, 1.807) is 25.3 Å². The molecular formula is C15H21NO2. The number of rotatable bonds is 8. The summed E-state index contributed by atoms with van der Waals surface area (Å²) < 4.78 is 0. The molecule has 0 atom stereocenters. The van der Waals surface area contributed by atoms with Gasteiger partial charge in [-0.05, 0) is 25.0 Å². The molecule has 0 aliphatic carbocycles. The van der Waals surface area contributed by atoms with Gasteiger partial charge >= 0.3 is 0 Å². The van der Waals surface area contributed by atoms with Crippen LogP contribution in [-0.2, 0) is 9.59 Å². The molecule has 98 valence electrons. The van der Waals surface area contributed by atoms with Gasteiger partial charge in [-0.3, -0.25) is 9.59 Å². The summed E-state index contributed by atoms with van der Waals surface area (Å²) in [6.45, 7) is 5.49. The number of hydrogen-bond acceptors (Lipinski definition) is 2. The zero-order chi connectivity index (χ0) is 13.8. The van der Waals surface area contributed by atoms with E-state index in [2.05, 4.69) is 11.9 Å². The first-order valence-corrected chi connectivity index (χ1v) is 6.01. The maximum Gasteiger partial charge on any atom is 0.219 e. The molecule has 3 heteroatoms. The molecule has 0 saturated carbocycles. The van der Waals surface area contributed by atoms with Gasteiger partial charge in [-0.2, -0.15) is 0 Å². The van der Waals surface area contributed by atoms with Crippen LogP contribution in [0, 0.1) is 0 Å². The molecule has 0 aromatic carbocycles. The Kier molecular flexibility index (Phi) is 9.18. The average Bonchev–Trinajstić information content (AvgIpc) is 2.38. The molecule has 0 bridgehead atoms. The van der Waals surface area contributed by atoms with Gasteiger partial charge in [-0.1, -0.05) is 37.0 Å². The highest BCUT2D eigenvalue weighted by atomic mass is 16.1. The summed E-state index contributed by atoms with van der Waals surface area (Å²) in [6.07, 6.45) is 12.0. The Morgan fingerprint density at radius 2 is 1.89 bits per heavy atom. The van der Waals surface area contributed by atoms with E-state index < -0.39 is 0 Å². The number of ketones is 1. The van der Waals surface area contributed by atoms with E-state index in [1.807, 2.05) is 25.2 Å². The number of carbonyl (C=O) groups excluding carboxylic acids is 2. The van der Waals surface area contributed by atoms with Crippen molar-refractivity contribution in [2.45, 2.75) is 26.2 Å². The summed E-state index contributed by atoms with van der Waals surface area (Å²) in [6, 6.07) is 0. The first-order valence-electron chi connectivity index (χ1n) is 6.01. The van der Waals surface area contributed by atoms with Crippen LogP contribution >= 0.6 is 0 Å². The number of nitrogens with one attached hydrogen (secondary N) is 1. The van der Waals surface area contributed by atoms with Crippen molar-refractivity contribution < 1.29 is 9.59 Å². The van der Waals surface area contributed by atoms with E-state index in [1.165, 1.54) is 0 Å². The Hall–Kier alpha value is -1.90. The van der Waals surface area contributed by atoms with Gasteiger partial charge in [-0.25, -0.2) is 0 Å². The Bertz CT molecular complexity index is 376. The molecule has 0 radical (unpaired) electrons. The molecule has 0 saturated heterocycles. The monoisotopic (exact) mass is 247 g/mol. The van der Waals surface area contributed by atoms with Crippen LogP contribution in [0.1, 0.15) is 26.2 Å².